The zero-order valence-electron chi connectivity index (χ0n) is 12.4. The van der Waals surface area contributed by atoms with Gasteiger partial charge in [0.1, 0.15) is 12.6 Å². The highest BCUT2D eigenvalue weighted by molar-refractivity contribution is 7.99. The molecule has 2 aliphatic heterocycles. The van der Waals surface area contributed by atoms with Crippen molar-refractivity contribution in [3.63, 3.8) is 0 Å². The van der Waals surface area contributed by atoms with Crippen molar-refractivity contribution < 1.29 is 23.9 Å². The minimum absolute atomic E-state index is 0.297. The van der Waals surface area contributed by atoms with Crippen LogP contribution in [0, 0.1) is 0 Å². The summed E-state index contributed by atoms with van der Waals surface area (Å²) in [5, 5.41) is 0. The Morgan fingerprint density at radius 3 is 2.39 bits per heavy atom. The Morgan fingerprint density at radius 2 is 1.83 bits per heavy atom. The lowest BCUT2D eigenvalue weighted by atomic mass is 10.1. The third-order valence-electron chi connectivity index (χ3n) is 3.85. The molecule has 0 saturated carbocycles. The Labute approximate surface area is 136 Å². The van der Waals surface area contributed by atoms with Gasteiger partial charge in [0, 0.05) is 5.75 Å². The molecule has 0 unspecified atom stereocenters. The molecule has 7 nitrogen and oxygen atoms in total. The summed E-state index contributed by atoms with van der Waals surface area (Å²) in [4.78, 5) is 50.9. The number of hydrogen-bond donors (Lipinski definition) is 0. The number of amides is 3. The first-order valence-corrected chi connectivity index (χ1v) is 8.10. The normalized spacial score (nSPS) is 20.0. The molecule has 0 spiro atoms. The zero-order chi connectivity index (χ0) is 16.6. The standard InChI is InChI=1S/C15H14N2O5S/c1-22-15(21)11-7-23-8-17(11)12(18)6-16-13(19)9-4-2-3-5-10(9)14(16)20/h2-5,11H,6-8H2,1H3/t11-/m1/s1. The van der Waals surface area contributed by atoms with Crippen LogP contribution in [-0.2, 0) is 14.3 Å². The van der Waals surface area contributed by atoms with Crippen molar-refractivity contribution in [2.24, 2.45) is 0 Å². The highest BCUT2D eigenvalue weighted by Crippen LogP contribution is 2.25. The lowest BCUT2D eigenvalue weighted by molar-refractivity contribution is -0.150. The van der Waals surface area contributed by atoms with E-state index in [9.17, 15) is 19.2 Å². The third kappa shape index (κ3) is 2.59. The Balaban J connectivity index is 1.75. The van der Waals surface area contributed by atoms with Crippen molar-refractivity contribution in [1.29, 1.82) is 0 Å². The maximum Gasteiger partial charge on any atom is 0.329 e. The Kier molecular flexibility index (Phi) is 4.08. The fourth-order valence-corrected chi connectivity index (χ4v) is 3.79. The summed E-state index contributed by atoms with van der Waals surface area (Å²) < 4.78 is 4.68. The number of imide groups is 1. The fourth-order valence-electron chi connectivity index (χ4n) is 2.63. The van der Waals surface area contributed by atoms with Gasteiger partial charge in [-0.2, -0.15) is 0 Å². The summed E-state index contributed by atoms with van der Waals surface area (Å²) in [6, 6.07) is 5.78. The maximum absolute atomic E-state index is 12.4. The van der Waals surface area contributed by atoms with Crippen LogP contribution >= 0.6 is 11.8 Å². The molecule has 0 bridgehead atoms. The minimum Gasteiger partial charge on any atom is -0.467 e. The summed E-state index contributed by atoms with van der Waals surface area (Å²) >= 11 is 1.43. The quantitative estimate of drug-likeness (QED) is 0.586. The molecule has 0 radical (unpaired) electrons. The average Bonchev–Trinajstić information content (AvgIpc) is 3.14. The Bertz CT molecular complexity index is 670. The summed E-state index contributed by atoms with van der Waals surface area (Å²) in [7, 11) is 1.26. The molecule has 23 heavy (non-hydrogen) atoms. The molecular formula is C15H14N2O5S. The second-order valence-corrected chi connectivity index (χ2v) is 6.14. The van der Waals surface area contributed by atoms with Gasteiger partial charge >= 0.3 is 5.97 Å². The minimum atomic E-state index is -0.673. The van der Waals surface area contributed by atoms with Crippen molar-refractivity contribution in [3.8, 4) is 0 Å². The van der Waals surface area contributed by atoms with E-state index in [1.807, 2.05) is 0 Å². The van der Waals surface area contributed by atoms with Gasteiger partial charge in [0.05, 0.1) is 24.1 Å². The van der Waals surface area contributed by atoms with E-state index in [0.29, 0.717) is 22.8 Å². The number of fused-ring (bicyclic) bond motifs is 1. The number of methoxy groups -OCH3 is 1. The van der Waals surface area contributed by atoms with Gasteiger partial charge in [-0.05, 0) is 12.1 Å². The number of rotatable bonds is 3. The predicted octanol–water partition coefficient (Wildman–Crippen LogP) is 0.357. The molecule has 2 aliphatic rings. The second kappa shape index (κ2) is 6.04. The molecule has 1 aromatic carbocycles. The molecule has 8 heteroatoms. The second-order valence-electron chi connectivity index (χ2n) is 5.14. The summed E-state index contributed by atoms with van der Waals surface area (Å²) in [6.07, 6.45) is 0. The molecule has 120 valence electrons. The van der Waals surface area contributed by atoms with E-state index in [1.54, 1.807) is 24.3 Å². The number of nitrogens with zero attached hydrogens (tertiary/aromatic N) is 2. The SMILES string of the molecule is COC(=O)[C@H]1CSCN1C(=O)CN1C(=O)c2ccccc2C1=O. The number of benzene rings is 1. The van der Waals surface area contributed by atoms with Crippen LogP contribution in [0.4, 0.5) is 0 Å². The largest absolute Gasteiger partial charge is 0.467 e. The van der Waals surface area contributed by atoms with E-state index in [4.69, 9.17) is 0 Å². The van der Waals surface area contributed by atoms with Crippen LogP contribution in [0.2, 0.25) is 0 Å². The average molecular weight is 334 g/mol. The number of esters is 1. The number of carbonyl (C=O) groups is 4. The van der Waals surface area contributed by atoms with Crippen molar-refractivity contribution in [3.05, 3.63) is 35.4 Å². The maximum atomic E-state index is 12.4. The Hall–Kier alpha value is -2.35. The molecule has 3 amide bonds. The summed E-state index contributed by atoms with van der Waals surface area (Å²) in [5.74, 6) is -1.13. The third-order valence-corrected chi connectivity index (χ3v) is 4.86. The highest BCUT2D eigenvalue weighted by Gasteiger charge is 2.40. The topological polar surface area (TPSA) is 84.0 Å². The molecule has 2 heterocycles. The first kappa shape index (κ1) is 15.5. The smallest absolute Gasteiger partial charge is 0.329 e. The van der Waals surface area contributed by atoms with E-state index in [0.717, 1.165) is 4.90 Å². The summed E-state index contributed by atoms with van der Waals surface area (Å²) in [5.41, 5.74) is 0.594. The van der Waals surface area contributed by atoms with Gasteiger partial charge in [-0.3, -0.25) is 19.3 Å². The van der Waals surface area contributed by atoms with Crippen LogP contribution < -0.4 is 0 Å². The van der Waals surface area contributed by atoms with Crippen LogP contribution in [0.1, 0.15) is 20.7 Å². The van der Waals surface area contributed by atoms with Gasteiger partial charge in [0.15, 0.2) is 0 Å². The number of thioether (sulfide) groups is 1. The van der Waals surface area contributed by atoms with Crippen LogP contribution in [0.25, 0.3) is 0 Å². The summed E-state index contributed by atoms with van der Waals surface area (Å²) in [6.45, 7) is -0.375. The number of carbonyl (C=O) groups excluding carboxylic acids is 4. The number of hydrogen-bond acceptors (Lipinski definition) is 6. The van der Waals surface area contributed by atoms with Gasteiger partial charge < -0.3 is 9.64 Å². The van der Waals surface area contributed by atoms with E-state index in [2.05, 4.69) is 4.74 Å². The van der Waals surface area contributed by atoms with Crippen molar-refractivity contribution >= 4 is 35.5 Å². The fraction of sp³-hybridized carbons (Fsp3) is 0.333. The van der Waals surface area contributed by atoms with Crippen LogP contribution in [0.15, 0.2) is 24.3 Å². The molecule has 1 aromatic rings. The van der Waals surface area contributed by atoms with Gasteiger partial charge in [0.2, 0.25) is 5.91 Å². The van der Waals surface area contributed by atoms with E-state index in [1.165, 1.54) is 23.8 Å². The van der Waals surface area contributed by atoms with E-state index in [-0.39, 0.29) is 6.54 Å². The van der Waals surface area contributed by atoms with Gasteiger partial charge in [-0.1, -0.05) is 12.1 Å². The lowest BCUT2D eigenvalue weighted by Crippen LogP contribution is -2.47. The lowest BCUT2D eigenvalue weighted by Gasteiger charge is -2.23. The Morgan fingerprint density at radius 1 is 1.22 bits per heavy atom. The molecular weight excluding hydrogens is 320 g/mol. The first-order chi connectivity index (χ1) is 11.0. The van der Waals surface area contributed by atoms with Crippen LogP contribution in [0.3, 0.4) is 0 Å². The molecule has 0 aliphatic carbocycles. The van der Waals surface area contributed by atoms with E-state index < -0.39 is 29.7 Å². The monoisotopic (exact) mass is 334 g/mol. The molecule has 0 N–H and O–H groups in total. The van der Waals surface area contributed by atoms with E-state index >= 15 is 0 Å². The zero-order valence-corrected chi connectivity index (χ0v) is 13.2. The molecule has 0 aromatic heterocycles. The first-order valence-electron chi connectivity index (χ1n) is 6.95. The van der Waals surface area contributed by atoms with Crippen molar-refractivity contribution in [1.82, 2.24) is 9.80 Å². The molecule has 3 rings (SSSR count). The highest BCUT2D eigenvalue weighted by atomic mass is 32.2. The predicted molar refractivity (Wildman–Crippen MR) is 81.8 cm³/mol. The number of ether oxygens (including phenoxy) is 1. The van der Waals surface area contributed by atoms with Crippen LogP contribution in [-0.4, -0.2) is 64.8 Å². The van der Waals surface area contributed by atoms with Crippen molar-refractivity contribution in [2.75, 3.05) is 25.3 Å². The van der Waals surface area contributed by atoms with Crippen LogP contribution in [0.5, 0.6) is 0 Å². The molecule has 1 atom stereocenters. The van der Waals surface area contributed by atoms with Gasteiger partial charge in [-0.25, -0.2) is 4.79 Å². The molecule has 1 saturated heterocycles. The molecule has 1 fully saturated rings. The van der Waals surface area contributed by atoms with Gasteiger partial charge in [-0.15, -0.1) is 11.8 Å². The van der Waals surface area contributed by atoms with Crippen molar-refractivity contribution in [2.45, 2.75) is 6.04 Å². The van der Waals surface area contributed by atoms with Gasteiger partial charge in [0.25, 0.3) is 11.8 Å².